The van der Waals surface area contributed by atoms with Crippen molar-refractivity contribution in [2.75, 3.05) is 13.2 Å². The Hall–Kier alpha value is -1.27. The number of ether oxygens (including phenoxy) is 2. The Balaban J connectivity index is 1.73. The quantitative estimate of drug-likeness (QED) is 0.705. The Labute approximate surface area is 146 Å². The summed E-state index contributed by atoms with van der Waals surface area (Å²) in [6, 6.07) is 6.76. The van der Waals surface area contributed by atoms with Gasteiger partial charge in [0.25, 0.3) is 0 Å². The summed E-state index contributed by atoms with van der Waals surface area (Å²) in [6.45, 7) is 7.14. The molecule has 1 aliphatic rings. The highest BCUT2D eigenvalue weighted by molar-refractivity contribution is 9.10. The number of carbonyl (C=O) groups excluding carboxylic acids is 1. The molecule has 5 nitrogen and oxygen atoms in total. The minimum absolute atomic E-state index is 0.386. The van der Waals surface area contributed by atoms with E-state index in [0.29, 0.717) is 19.2 Å². The van der Waals surface area contributed by atoms with Gasteiger partial charge in [-0.3, -0.25) is 0 Å². The average Bonchev–Trinajstić information content (AvgIpc) is 3.26. The highest BCUT2D eigenvalue weighted by Gasteiger charge is 2.20. The summed E-state index contributed by atoms with van der Waals surface area (Å²) >= 11 is 3.49. The van der Waals surface area contributed by atoms with Gasteiger partial charge in [0.2, 0.25) is 0 Å². The van der Waals surface area contributed by atoms with Crippen LogP contribution in [0.15, 0.2) is 22.7 Å². The van der Waals surface area contributed by atoms with Gasteiger partial charge >= 0.3 is 6.09 Å². The van der Waals surface area contributed by atoms with Crippen LogP contribution in [0.2, 0.25) is 0 Å². The van der Waals surface area contributed by atoms with Gasteiger partial charge in [-0.15, -0.1) is 0 Å². The maximum absolute atomic E-state index is 11.5. The van der Waals surface area contributed by atoms with E-state index in [4.69, 9.17) is 9.47 Å². The minimum atomic E-state index is -0.489. The van der Waals surface area contributed by atoms with Crippen molar-refractivity contribution in [2.24, 2.45) is 0 Å². The molecule has 0 spiro atoms. The molecule has 23 heavy (non-hydrogen) atoms. The van der Waals surface area contributed by atoms with Gasteiger partial charge in [0, 0.05) is 12.6 Å². The third kappa shape index (κ3) is 7.22. The van der Waals surface area contributed by atoms with E-state index in [1.165, 1.54) is 18.4 Å². The van der Waals surface area contributed by atoms with Gasteiger partial charge < -0.3 is 20.1 Å². The summed E-state index contributed by atoms with van der Waals surface area (Å²) in [7, 11) is 0. The Morgan fingerprint density at radius 1 is 1.35 bits per heavy atom. The van der Waals surface area contributed by atoms with Gasteiger partial charge in [0.1, 0.15) is 18.0 Å². The number of amides is 1. The van der Waals surface area contributed by atoms with Crippen LogP contribution in [0.1, 0.15) is 39.2 Å². The van der Waals surface area contributed by atoms with Crippen molar-refractivity contribution in [3.8, 4) is 5.75 Å². The van der Waals surface area contributed by atoms with Crippen molar-refractivity contribution in [1.82, 2.24) is 10.6 Å². The summed E-state index contributed by atoms with van der Waals surface area (Å²) in [6.07, 6.45) is 2.12. The number of hydrogen-bond donors (Lipinski definition) is 2. The fourth-order valence-corrected chi connectivity index (χ4v) is 2.31. The summed E-state index contributed by atoms with van der Waals surface area (Å²) < 4.78 is 11.8. The Bertz CT molecular complexity index is 539. The molecule has 1 fully saturated rings. The molecule has 0 aliphatic heterocycles. The number of hydrogen-bond acceptors (Lipinski definition) is 4. The zero-order chi connectivity index (χ0) is 16.9. The molecule has 0 atom stereocenters. The van der Waals surface area contributed by atoms with E-state index in [1.54, 1.807) is 0 Å². The van der Waals surface area contributed by atoms with Crippen LogP contribution in [-0.2, 0) is 11.3 Å². The number of carbonyl (C=O) groups is 1. The average molecular weight is 385 g/mol. The SMILES string of the molecule is CC(C)(C)OC(=O)NCCOc1cc(CNC2CC2)ccc1Br. The first kappa shape index (κ1) is 18.1. The largest absolute Gasteiger partial charge is 0.491 e. The first-order chi connectivity index (χ1) is 10.8. The lowest BCUT2D eigenvalue weighted by Crippen LogP contribution is -2.34. The lowest BCUT2D eigenvalue weighted by Gasteiger charge is -2.19. The van der Waals surface area contributed by atoms with Gasteiger partial charge in [0.05, 0.1) is 11.0 Å². The smallest absolute Gasteiger partial charge is 0.407 e. The Morgan fingerprint density at radius 2 is 2.09 bits per heavy atom. The van der Waals surface area contributed by atoms with Crippen LogP contribution in [-0.4, -0.2) is 30.9 Å². The fourth-order valence-electron chi connectivity index (χ4n) is 1.95. The molecule has 1 saturated carbocycles. The van der Waals surface area contributed by atoms with Gasteiger partial charge in [0.15, 0.2) is 0 Å². The summed E-state index contributed by atoms with van der Waals surface area (Å²) in [4.78, 5) is 11.5. The normalized spacial score (nSPS) is 14.4. The summed E-state index contributed by atoms with van der Waals surface area (Å²) in [5.41, 5.74) is 0.701. The summed E-state index contributed by atoms with van der Waals surface area (Å²) in [5.74, 6) is 0.783. The maximum atomic E-state index is 11.5. The third-order valence-corrected chi connectivity index (χ3v) is 3.85. The molecule has 1 amide bonds. The standard InChI is InChI=1S/C17H25BrN2O3/c1-17(2,3)23-16(21)19-8-9-22-15-10-12(4-7-14(15)18)11-20-13-5-6-13/h4,7,10,13,20H,5-6,8-9,11H2,1-3H3,(H,19,21). The molecule has 0 unspecified atom stereocenters. The lowest BCUT2D eigenvalue weighted by atomic mass is 10.2. The molecule has 0 bridgehead atoms. The second-order valence-corrected chi connectivity index (χ2v) is 7.55. The van der Waals surface area contributed by atoms with Crippen molar-refractivity contribution < 1.29 is 14.3 Å². The number of rotatable bonds is 7. The molecule has 1 aliphatic carbocycles. The van der Waals surface area contributed by atoms with Crippen LogP contribution in [0, 0.1) is 0 Å². The van der Waals surface area contributed by atoms with E-state index in [0.717, 1.165) is 16.8 Å². The molecule has 2 rings (SSSR count). The van der Waals surface area contributed by atoms with E-state index < -0.39 is 11.7 Å². The molecular formula is C17H25BrN2O3. The number of benzene rings is 1. The second-order valence-electron chi connectivity index (χ2n) is 6.70. The third-order valence-electron chi connectivity index (χ3n) is 3.20. The van der Waals surface area contributed by atoms with Crippen molar-refractivity contribution in [1.29, 1.82) is 0 Å². The topological polar surface area (TPSA) is 59.6 Å². The Kier molecular flexibility index (Phi) is 6.30. The van der Waals surface area contributed by atoms with E-state index in [9.17, 15) is 4.79 Å². The van der Waals surface area contributed by atoms with Crippen LogP contribution < -0.4 is 15.4 Å². The summed E-state index contributed by atoms with van der Waals surface area (Å²) in [5, 5.41) is 6.16. The molecule has 0 saturated heterocycles. The zero-order valence-electron chi connectivity index (χ0n) is 13.9. The fraction of sp³-hybridized carbons (Fsp3) is 0.588. The highest BCUT2D eigenvalue weighted by atomic mass is 79.9. The monoisotopic (exact) mass is 384 g/mol. The molecule has 128 valence electrons. The molecule has 6 heteroatoms. The number of alkyl carbamates (subject to hydrolysis) is 1. The van der Waals surface area contributed by atoms with E-state index in [-0.39, 0.29) is 0 Å². The van der Waals surface area contributed by atoms with Crippen LogP contribution >= 0.6 is 15.9 Å². The van der Waals surface area contributed by atoms with Gasteiger partial charge in [-0.1, -0.05) is 6.07 Å². The predicted octanol–water partition coefficient (Wildman–Crippen LogP) is 3.60. The number of nitrogens with one attached hydrogen (secondary N) is 2. The second kappa shape index (κ2) is 8.02. The molecule has 0 aromatic heterocycles. The minimum Gasteiger partial charge on any atom is -0.491 e. The van der Waals surface area contributed by atoms with Gasteiger partial charge in [-0.25, -0.2) is 4.79 Å². The first-order valence-corrected chi connectivity index (χ1v) is 8.74. The first-order valence-electron chi connectivity index (χ1n) is 7.95. The molecule has 2 N–H and O–H groups in total. The van der Waals surface area contributed by atoms with Crippen molar-refractivity contribution in [2.45, 2.75) is 51.8 Å². The van der Waals surface area contributed by atoms with Crippen LogP contribution in [0.25, 0.3) is 0 Å². The Morgan fingerprint density at radius 3 is 2.74 bits per heavy atom. The predicted molar refractivity (Wildman–Crippen MR) is 93.7 cm³/mol. The van der Waals surface area contributed by atoms with E-state index in [1.807, 2.05) is 32.9 Å². The van der Waals surface area contributed by atoms with Crippen molar-refractivity contribution >= 4 is 22.0 Å². The van der Waals surface area contributed by atoms with Crippen LogP contribution in [0.5, 0.6) is 5.75 Å². The molecule has 1 aromatic rings. The van der Waals surface area contributed by atoms with Crippen molar-refractivity contribution in [3.63, 3.8) is 0 Å². The number of halogens is 1. The lowest BCUT2D eigenvalue weighted by molar-refractivity contribution is 0.0520. The highest BCUT2D eigenvalue weighted by Crippen LogP contribution is 2.26. The molecule has 1 aromatic carbocycles. The molecule has 0 radical (unpaired) electrons. The molecule has 0 heterocycles. The van der Waals surface area contributed by atoms with E-state index in [2.05, 4.69) is 32.6 Å². The van der Waals surface area contributed by atoms with Gasteiger partial charge in [-0.05, 0) is 67.2 Å². The maximum Gasteiger partial charge on any atom is 0.407 e. The molecular weight excluding hydrogens is 360 g/mol. The zero-order valence-corrected chi connectivity index (χ0v) is 15.5. The van der Waals surface area contributed by atoms with Gasteiger partial charge in [-0.2, -0.15) is 0 Å². The van der Waals surface area contributed by atoms with Crippen molar-refractivity contribution in [3.05, 3.63) is 28.2 Å². The van der Waals surface area contributed by atoms with Crippen LogP contribution in [0.4, 0.5) is 4.79 Å². The van der Waals surface area contributed by atoms with E-state index >= 15 is 0 Å². The van der Waals surface area contributed by atoms with Crippen LogP contribution in [0.3, 0.4) is 0 Å².